The van der Waals surface area contributed by atoms with Gasteiger partial charge in [-0.2, -0.15) is 0 Å². The molecule has 6 heteroatoms. The SMILES string of the molecule is ClCOCOCOCOCCl. The average Bonchev–Trinajstić information content (AvgIpc) is 2.03. The number of hydrogen-bond acceptors (Lipinski definition) is 4. The molecular weight excluding hydrogens is 195 g/mol. The third-order valence-corrected chi connectivity index (χ3v) is 0.963. The third-order valence-electron chi connectivity index (χ3n) is 0.654. The van der Waals surface area contributed by atoms with Crippen LogP contribution in [0.1, 0.15) is 0 Å². The molecule has 0 atom stereocenters. The second-order valence-electron chi connectivity index (χ2n) is 1.39. The molecule has 0 rings (SSSR count). The van der Waals surface area contributed by atoms with E-state index in [1.165, 1.54) is 0 Å². The van der Waals surface area contributed by atoms with Gasteiger partial charge in [-0.1, -0.05) is 23.2 Å². The van der Waals surface area contributed by atoms with Gasteiger partial charge in [-0.05, 0) is 0 Å². The smallest absolute Gasteiger partial charge is 0.152 e. The zero-order chi connectivity index (χ0) is 8.36. The minimum absolute atomic E-state index is 0.105. The van der Waals surface area contributed by atoms with Crippen LogP contribution >= 0.6 is 23.2 Å². The molecule has 0 amide bonds. The van der Waals surface area contributed by atoms with Gasteiger partial charge in [0.05, 0.1) is 0 Å². The molecule has 0 aliphatic carbocycles. The van der Waals surface area contributed by atoms with Gasteiger partial charge in [-0.15, -0.1) is 0 Å². The summed E-state index contributed by atoms with van der Waals surface area (Å²) in [4.78, 5) is 0. The summed E-state index contributed by atoms with van der Waals surface area (Å²) in [5, 5.41) is 0. The van der Waals surface area contributed by atoms with Crippen LogP contribution in [0, 0.1) is 0 Å². The Kier molecular flexibility index (Phi) is 10.8. The topological polar surface area (TPSA) is 36.9 Å². The molecule has 0 bridgehead atoms. The average molecular weight is 205 g/mol. The van der Waals surface area contributed by atoms with Gasteiger partial charge in [-0.25, -0.2) is 0 Å². The van der Waals surface area contributed by atoms with E-state index in [9.17, 15) is 0 Å². The lowest BCUT2D eigenvalue weighted by molar-refractivity contribution is -0.161. The first kappa shape index (κ1) is 11.4. The van der Waals surface area contributed by atoms with Crippen molar-refractivity contribution in [3.63, 3.8) is 0 Å². The Morgan fingerprint density at radius 1 is 0.636 bits per heavy atom. The van der Waals surface area contributed by atoms with Crippen LogP contribution in [0.5, 0.6) is 0 Å². The van der Waals surface area contributed by atoms with Crippen molar-refractivity contribution >= 4 is 23.2 Å². The molecule has 0 saturated carbocycles. The molecule has 0 fully saturated rings. The summed E-state index contributed by atoms with van der Waals surface area (Å²) in [6, 6.07) is 0.219. The fourth-order valence-corrected chi connectivity index (χ4v) is 0.434. The summed E-state index contributed by atoms with van der Waals surface area (Å²) >= 11 is 10.4. The van der Waals surface area contributed by atoms with Gasteiger partial charge in [-0.3, -0.25) is 0 Å². The maximum Gasteiger partial charge on any atom is 0.152 e. The van der Waals surface area contributed by atoms with E-state index in [2.05, 4.69) is 9.47 Å². The second kappa shape index (κ2) is 10.4. The van der Waals surface area contributed by atoms with Crippen LogP contribution < -0.4 is 0 Å². The van der Waals surface area contributed by atoms with Gasteiger partial charge in [0.25, 0.3) is 0 Å². The van der Waals surface area contributed by atoms with Gasteiger partial charge >= 0.3 is 0 Å². The Morgan fingerprint density at radius 3 is 1.36 bits per heavy atom. The lowest BCUT2D eigenvalue weighted by Crippen LogP contribution is -2.06. The highest BCUT2D eigenvalue weighted by molar-refractivity contribution is 6.17. The summed E-state index contributed by atoms with van der Waals surface area (Å²) in [6.45, 7) is 0.336. The molecule has 0 saturated heterocycles. The van der Waals surface area contributed by atoms with E-state index in [0.717, 1.165) is 0 Å². The molecule has 0 N–H and O–H groups in total. The van der Waals surface area contributed by atoms with Crippen LogP contribution in [0.4, 0.5) is 0 Å². The summed E-state index contributed by atoms with van der Waals surface area (Å²) in [6.07, 6.45) is 0. The molecular formula is C5H10Cl2O4. The minimum Gasteiger partial charge on any atom is -0.340 e. The Morgan fingerprint density at radius 2 is 1.00 bits per heavy atom. The number of alkyl halides is 2. The Hall–Kier alpha value is 0.420. The van der Waals surface area contributed by atoms with Crippen LogP contribution in [0.2, 0.25) is 0 Å². The molecule has 0 spiro atoms. The van der Waals surface area contributed by atoms with E-state index in [1.54, 1.807) is 0 Å². The van der Waals surface area contributed by atoms with Crippen molar-refractivity contribution < 1.29 is 18.9 Å². The second-order valence-corrected chi connectivity index (χ2v) is 1.82. The van der Waals surface area contributed by atoms with Crippen molar-refractivity contribution in [2.45, 2.75) is 0 Å². The van der Waals surface area contributed by atoms with Gasteiger partial charge in [0.2, 0.25) is 0 Å². The standard InChI is InChI=1S/C5H10Cl2O4/c6-1-8-3-10-5-11-4-9-2-7/h1-5H2. The summed E-state index contributed by atoms with van der Waals surface area (Å²) in [5.41, 5.74) is 0. The fourth-order valence-electron chi connectivity index (χ4n) is 0.308. The largest absolute Gasteiger partial charge is 0.340 e. The molecule has 68 valence electrons. The van der Waals surface area contributed by atoms with E-state index in [0.29, 0.717) is 0 Å². The van der Waals surface area contributed by atoms with Crippen molar-refractivity contribution in [3.05, 3.63) is 0 Å². The fraction of sp³-hybridized carbons (Fsp3) is 1.00. The minimum atomic E-state index is 0.105. The van der Waals surface area contributed by atoms with Crippen LogP contribution in [-0.2, 0) is 18.9 Å². The predicted octanol–water partition coefficient (Wildman–Crippen LogP) is 1.32. The van der Waals surface area contributed by atoms with Crippen LogP contribution in [-0.4, -0.2) is 32.5 Å². The van der Waals surface area contributed by atoms with Gasteiger partial charge in [0.1, 0.15) is 12.1 Å². The van der Waals surface area contributed by atoms with E-state index in [4.69, 9.17) is 32.7 Å². The van der Waals surface area contributed by atoms with Crippen molar-refractivity contribution in [1.29, 1.82) is 0 Å². The maximum absolute atomic E-state index is 5.18. The lowest BCUT2D eigenvalue weighted by atomic mass is 11.2. The van der Waals surface area contributed by atoms with E-state index in [-0.39, 0.29) is 32.5 Å². The van der Waals surface area contributed by atoms with Gasteiger partial charge in [0.15, 0.2) is 20.4 Å². The number of rotatable bonds is 8. The molecule has 0 unspecified atom stereocenters. The van der Waals surface area contributed by atoms with Crippen molar-refractivity contribution in [2.24, 2.45) is 0 Å². The highest BCUT2D eigenvalue weighted by atomic mass is 35.5. The van der Waals surface area contributed by atoms with Crippen LogP contribution in [0.25, 0.3) is 0 Å². The predicted molar refractivity (Wildman–Crippen MR) is 40.4 cm³/mol. The molecule has 4 nitrogen and oxygen atoms in total. The summed E-state index contributed by atoms with van der Waals surface area (Å²) in [7, 11) is 0. The van der Waals surface area contributed by atoms with E-state index in [1.807, 2.05) is 0 Å². The van der Waals surface area contributed by atoms with Crippen molar-refractivity contribution in [3.8, 4) is 0 Å². The molecule has 0 heterocycles. The normalized spacial score (nSPS) is 10.4. The molecule has 0 aromatic carbocycles. The molecule has 0 aromatic rings. The number of halogens is 2. The maximum atomic E-state index is 5.18. The molecule has 11 heavy (non-hydrogen) atoms. The first-order valence-corrected chi connectivity index (χ1v) is 3.91. The molecule has 0 aliphatic heterocycles. The quantitative estimate of drug-likeness (QED) is 0.340. The zero-order valence-corrected chi connectivity index (χ0v) is 7.44. The first-order chi connectivity index (χ1) is 5.41. The number of ether oxygens (including phenoxy) is 4. The molecule has 0 aromatic heterocycles. The Bertz CT molecular complexity index is 65.5. The number of hydrogen-bond donors (Lipinski definition) is 0. The third kappa shape index (κ3) is 10.4. The van der Waals surface area contributed by atoms with Crippen LogP contribution in [0.3, 0.4) is 0 Å². The van der Waals surface area contributed by atoms with E-state index >= 15 is 0 Å². The lowest BCUT2D eigenvalue weighted by Gasteiger charge is -2.03. The van der Waals surface area contributed by atoms with Gasteiger partial charge < -0.3 is 18.9 Å². The molecule has 0 radical (unpaired) electrons. The van der Waals surface area contributed by atoms with Gasteiger partial charge in [0, 0.05) is 0 Å². The summed E-state index contributed by atoms with van der Waals surface area (Å²) in [5.74, 6) is 0. The highest BCUT2D eigenvalue weighted by Gasteiger charge is 1.87. The Labute approximate surface area is 75.3 Å². The zero-order valence-electron chi connectivity index (χ0n) is 5.92. The van der Waals surface area contributed by atoms with Crippen molar-refractivity contribution in [1.82, 2.24) is 0 Å². The highest BCUT2D eigenvalue weighted by Crippen LogP contribution is 1.84. The monoisotopic (exact) mass is 204 g/mol. The molecule has 0 aliphatic rings. The van der Waals surface area contributed by atoms with Crippen molar-refractivity contribution in [2.75, 3.05) is 32.5 Å². The van der Waals surface area contributed by atoms with Crippen LogP contribution in [0.15, 0.2) is 0 Å². The van der Waals surface area contributed by atoms with E-state index < -0.39 is 0 Å². The summed E-state index contributed by atoms with van der Waals surface area (Å²) < 4.78 is 18.8. The Balaban J connectivity index is 2.69. The first-order valence-electron chi connectivity index (χ1n) is 2.84.